The summed E-state index contributed by atoms with van der Waals surface area (Å²) in [6.07, 6.45) is -0.141. The molecule has 2 atom stereocenters. The van der Waals surface area contributed by atoms with Crippen molar-refractivity contribution in [3.63, 3.8) is 0 Å². The molecule has 2 aromatic carbocycles. The summed E-state index contributed by atoms with van der Waals surface area (Å²) in [5.74, 6) is 1.60. The van der Waals surface area contributed by atoms with E-state index in [1.54, 1.807) is 7.11 Å². The van der Waals surface area contributed by atoms with Crippen molar-refractivity contribution >= 4 is 0 Å². The van der Waals surface area contributed by atoms with Crippen molar-refractivity contribution in [3.05, 3.63) is 58.7 Å². The van der Waals surface area contributed by atoms with E-state index < -0.39 is 6.10 Å². The predicted molar refractivity (Wildman–Crippen MR) is 82.0 cm³/mol. The number of hydrogen-bond donors (Lipinski definition) is 1. The molecule has 3 rings (SSSR count). The molecule has 0 radical (unpaired) electrons. The van der Waals surface area contributed by atoms with Gasteiger partial charge in [0.05, 0.1) is 7.11 Å². The van der Waals surface area contributed by atoms with Crippen LogP contribution >= 0.6 is 0 Å². The summed E-state index contributed by atoms with van der Waals surface area (Å²) in [4.78, 5) is 0. The van der Waals surface area contributed by atoms with E-state index in [2.05, 4.69) is 13.0 Å². The maximum atomic E-state index is 10.5. The molecule has 110 valence electrons. The third-order valence-corrected chi connectivity index (χ3v) is 4.05. The fraction of sp³-hybridized carbons (Fsp3) is 0.333. The molecule has 1 N–H and O–H groups in total. The number of aliphatic hydroxyl groups excluding tert-OH is 1. The molecule has 2 unspecified atom stereocenters. The summed E-state index contributed by atoms with van der Waals surface area (Å²) in [5.41, 5.74) is 4.33. The van der Waals surface area contributed by atoms with Crippen molar-refractivity contribution < 1.29 is 14.6 Å². The Balaban J connectivity index is 1.82. The highest BCUT2D eigenvalue weighted by molar-refractivity contribution is 5.42. The summed E-state index contributed by atoms with van der Waals surface area (Å²) >= 11 is 0. The maximum Gasteiger partial charge on any atom is 0.133 e. The quantitative estimate of drug-likeness (QED) is 0.939. The number of benzene rings is 2. The van der Waals surface area contributed by atoms with Crippen LogP contribution < -0.4 is 9.47 Å². The van der Waals surface area contributed by atoms with Crippen LogP contribution in [-0.4, -0.2) is 18.3 Å². The molecular formula is C18H20O3. The maximum absolute atomic E-state index is 10.5. The van der Waals surface area contributed by atoms with Crippen LogP contribution in [-0.2, 0) is 6.42 Å². The SMILES string of the molecule is COc1ccc2c(c1)C(O)C(Oc1ccc(C)cc1C)C2. The average molecular weight is 284 g/mol. The molecule has 2 aromatic rings. The fourth-order valence-electron chi connectivity index (χ4n) is 2.89. The molecule has 0 heterocycles. The Bertz CT molecular complexity index is 664. The molecule has 0 saturated carbocycles. The number of aliphatic hydroxyl groups is 1. The molecule has 3 heteroatoms. The van der Waals surface area contributed by atoms with E-state index in [4.69, 9.17) is 9.47 Å². The van der Waals surface area contributed by atoms with Gasteiger partial charge in [-0.25, -0.2) is 0 Å². The van der Waals surface area contributed by atoms with Crippen LogP contribution in [0.15, 0.2) is 36.4 Å². The molecule has 0 aliphatic heterocycles. The van der Waals surface area contributed by atoms with Crippen LogP contribution in [0.2, 0.25) is 0 Å². The van der Waals surface area contributed by atoms with Crippen LogP contribution in [0.5, 0.6) is 11.5 Å². The largest absolute Gasteiger partial charge is 0.497 e. The van der Waals surface area contributed by atoms with Crippen molar-refractivity contribution in [2.24, 2.45) is 0 Å². The van der Waals surface area contributed by atoms with Gasteiger partial charge in [0.25, 0.3) is 0 Å². The van der Waals surface area contributed by atoms with Gasteiger partial charge < -0.3 is 14.6 Å². The molecule has 21 heavy (non-hydrogen) atoms. The van der Waals surface area contributed by atoms with E-state index in [9.17, 15) is 5.11 Å². The molecular weight excluding hydrogens is 264 g/mol. The van der Waals surface area contributed by atoms with Gasteiger partial charge in [-0.2, -0.15) is 0 Å². The van der Waals surface area contributed by atoms with Crippen molar-refractivity contribution in [3.8, 4) is 11.5 Å². The Morgan fingerprint density at radius 2 is 1.90 bits per heavy atom. The monoisotopic (exact) mass is 284 g/mol. The van der Waals surface area contributed by atoms with E-state index in [-0.39, 0.29) is 6.10 Å². The Morgan fingerprint density at radius 3 is 2.62 bits per heavy atom. The molecule has 1 aliphatic carbocycles. The Labute approximate surface area is 125 Å². The van der Waals surface area contributed by atoms with Gasteiger partial charge in [-0.15, -0.1) is 0 Å². The highest BCUT2D eigenvalue weighted by atomic mass is 16.5. The van der Waals surface area contributed by atoms with Gasteiger partial charge in [-0.1, -0.05) is 23.8 Å². The van der Waals surface area contributed by atoms with Gasteiger partial charge in [-0.05, 0) is 48.7 Å². The number of hydrogen-bond acceptors (Lipinski definition) is 3. The highest BCUT2D eigenvalue weighted by Crippen LogP contribution is 2.36. The fourth-order valence-corrected chi connectivity index (χ4v) is 2.89. The first-order valence-corrected chi connectivity index (χ1v) is 7.17. The predicted octanol–water partition coefficient (Wildman–Crippen LogP) is 3.35. The standard InChI is InChI=1S/C18H20O3/c1-11-4-7-16(12(2)8-11)21-17-9-13-5-6-14(20-3)10-15(13)18(17)19/h4-8,10,17-19H,9H2,1-3H3. The Morgan fingerprint density at radius 1 is 1.10 bits per heavy atom. The van der Waals surface area contributed by atoms with Gasteiger partial charge in [0.2, 0.25) is 0 Å². The molecule has 0 aromatic heterocycles. The van der Waals surface area contributed by atoms with Crippen molar-refractivity contribution in [1.82, 2.24) is 0 Å². The van der Waals surface area contributed by atoms with Crippen LogP contribution in [0, 0.1) is 13.8 Å². The van der Waals surface area contributed by atoms with Gasteiger partial charge in [0.15, 0.2) is 0 Å². The first-order valence-electron chi connectivity index (χ1n) is 7.17. The molecule has 0 bridgehead atoms. The number of ether oxygens (including phenoxy) is 2. The van der Waals surface area contributed by atoms with Gasteiger partial charge in [0.1, 0.15) is 23.7 Å². The van der Waals surface area contributed by atoms with Crippen molar-refractivity contribution in [1.29, 1.82) is 0 Å². The second kappa shape index (κ2) is 5.41. The first-order chi connectivity index (χ1) is 10.1. The average Bonchev–Trinajstić information content (AvgIpc) is 2.78. The second-order valence-corrected chi connectivity index (χ2v) is 5.64. The van der Waals surface area contributed by atoms with E-state index in [0.29, 0.717) is 6.42 Å². The van der Waals surface area contributed by atoms with E-state index in [1.165, 1.54) is 5.56 Å². The number of methoxy groups -OCH3 is 1. The highest BCUT2D eigenvalue weighted by Gasteiger charge is 2.33. The molecule has 1 aliphatic rings. The van der Waals surface area contributed by atoms with Gasteiger partial charge in [-0.3, -0.25) is 0 Å². The van der Waals surface area contributed by atoms with E-state index >= 15 is 0 Å². The lowest BCUT2D eigenvalue weighted by atomic mass is 10.1. The minimum atomic E-state index is -0.615. The first kappa shape index (κ1) is 14.0. The van der Waals surface area contributed by atoms with Crippen molar-refractivity contribution in [2.45, 2.75) is 32.5 Å². The zero-order chi connectivity index (χ0) is 15.0. The van der Waals surface area contributed by atoms with Crippen LogP contribution in [0.3, 0.4) is 0 Å². The lowest BCUT2D eigenvalue weighted by molar-refractivity contribution is 0.0489. The summed E-state index contributed by atoms with van der Waals surface area (Å²) in [7, 11) is 1.63. The van der Waals surface area contributed by atoms with Crippen LogP contribution in [0.1, 0.15) is 28.4 Å². The lowest BCUT2D eigenvalue weighted by Gasteiger charge is -2.19. The van der Waals surface area contributed by atoms with E-state index in [1.807, 2.05) is 37.3 Å². The van der Waals surface area contributed by atoms with Gasteiger partial charge in [0, 0.05) is 6.42 Å². The summed E-state index contributed by atoms with van der Waals surface area (Å²) in [5, 5.41) is 10.5. The smallest absolute Gasteiger partial charge is 0.133 e. The second-order valence-electron chi connectivity index (χ2n) is 5.64. The Kier molecular flexibility index (Phi) is 3.60. The normalized spacial score (nSPS) is 20.2. The zero-order valence-corrected chi connectivity index (χ0v) is 12.6. The van der Waals surface area contributed by atoms with Crippen LogP contribution in [0.25, 0.3) is 0 Å². The topological polar surface area (TPSA) is 38.7 Å². The molecule has 3 nitrogen and oxygen atoms in total. The zero-order valence-electron chi connectivity index (χ0n) is 12.6. The van der Waals surface area contributed by atoms with Crippen LogP contribution in [0.4, 0.5) is 0 Å². The molecule has 0 spiro atoms. The lowest BCUT2D eigenvalue weighted by Crippen LogP contribution is -2.22. The number of fused-ring (bicyclic) bond motifs is 1. The third kappa shape index (κ3) is 2.61. The summed E-state index contributed by atoms with van der Waals surface area (Å²) in [6, 6.07) is 11.9. The van der Waals surface area contributed by atoms with Gasteiger partial charge >= 0.3 is 0 Å². The molecule has 0 amide bonds. The minimum absolute atomic E-state index is 0.242. The van der Waals surface area contributed by atoms with Crippen molar-refractivity contribution in [2.75, 3.05) is 7.11 Å². The van der Waals surface area contributed by atoms with E-state index in [0.717, 1.165) is 28.2 Å². The summed E-state index contributed by atoms with van der Waals surface area (Å²) in [6.45, 7) is 4.09. The molecule has 0 fully saturated rings. The number of rotatable bonds is 3. The summed E-state index contributed by atoms with van der Waals surface area (Å²) < 4.78 is 11.3. The number of aryl methyl sites for hydroxylation is 2. The minimum Gasteiger partial charge on any atom is -0.497 e. The third-order valence-electron chi connectivity index (χ3n) is 4.05. The Hall–Kier alpha value is -2.00. The molecule has 0 saturated heterocycles.